The van der Waals surface area contributed by atoms with Crippen molar-refractivity contribution in [1.82, 2.24) is 24.8 Å². The van der Waals surface area contributed by atoms with Crippen LogP contribution in [0, 0.1) is 0 Å². The quantitative estimate of drug-likeness (QED) is 0.205. The third-order valence-electron chi connectivity index (χ3n) is 6.64. The molecular weight excluding hydrogens is 570 g/mol. The Bertz CT molecular complexity index is 1890. The number of sulfone groups is 1. The number of nitrogens with zero attached hydrogens (tertiary/aromatic N) is 4. The number of nitrogens with one attached hydrogen (secondary N) is 3. The highest BCUT2D eigenvalue weighted by Crippen LogP contribution is 2.32. The molecule has 0 bridgehead atoms. The fraction of sp³-hybridized carbons (Fsp3) is 0.200. The summed E-state index contributed by atoms with van der Waals surface area (Å²) in [6.07, 6.45) is 3.03. The number of hydrogen-bond donors (Lipinski definition) is 3. The Labute approximate surface area is 248 Å². The van der Waals surface area contributed by atoms with E-state index in [0.29, 0.717) is 42.2 Å². The van der Waals surface area contributed by atoms with Crippen LogP contribution in [0.4, 0.5) is 17.6 Å². The molecule has 1 aliphatic rings. The fourth-order valence-electron chi connectivity index (χ4n) is 4.70. The zero-order chi connectivity index (χ0) is 29.8. The van der Waals surface area contributed by atoms with Crippen molar-refractivity contribution < 1.29 is 22.7 Å². The van der Waals surface area contributed by atoms with Gasteiger partial charge in [-0.1, -0.05) is 30.3 Å². The lowest BCUT2D eigenvalue weighted by molar-refractivity contribution is -0.115. The highest BCUT2D eigenvalue weighted by atomic mass is 32.2. The molecule has 0 fully saturated rings. The number of hydrogen-bond acceptors (Lipinski definition) is 10. The number of aromatic nitrogens is 4. The number of para-hydroxylation sites is 2. The number of carbonyl (C=O) groups is 1. The van der Waals surface area contributed by atoms with E-state index in [1.165, 1.54) is 6.26 Å². The lowest BCUT2D eigenvalue weighted by Gasteiger charge is -2.12. The zero-order valence-corrected chi connectivity index (χ0v) is 24.1. The summed E-state index contributed by atoms with van der Waals surface area (Å²) in [7, 11) is -3.10. The van der Waals surface area contributed by atoms with Gasteiger partial charge in [0.2, 0.25) is 24.6 Å². The molecule has 13 heteroatoms. The van der Waals surface area contributed by atoms with Crippen LogP contribution in [0.15, 0.2) is 79.0 Å². The SMILES string of the molecule is CS(=O)(=O)Cc1ccc(Nc2nccc(CNCn3c(NC(=O)Cc4ccc5c(c4)OCO5)nc4ccccc43)n2)cc1. The van der Waals surface area contributed by atoms with E-state index in [9.17, 15) is 13.2 Å². The molecule has 0 atom stereocenters. The second-order valence-electron chi connectivity index (χ2n) is 10.1. The number of benzene rings is 3. The van der Waals surface area contributed by atoms with Gasteiger partial charge >= 0.3 is 0 Å². The smallest absolute Gasteiger partial charge is 0.231 e. The largest absolute Gasteiger partial charge is 0.454 e. The first kappa shape index (κ1) is 28.1. The summed E-state index contributed by atoms with van der Waals surface area (Å²) < 4.78 is 35.7. The Hall–Kier alpha value is -5.01. The van der Waals surface area contributed by atoms with Gasteiger partial charge in [-0.3, -0.25) is 20.0 Å². The maximum atomic E-state index is 13.0. The molecule has 2 aromatic heterocycles. The Kier molecular flexibility index (Phi) is 7.90. The van der Waals surface area contributed by atoms with E-state index in [1.54, 1.807) is 36.5 Å². The number of ether oxygens (including phenoxy) is 2. The minimum atomic E-state index is -3.10. The third kappa shape index (κ3) is 7.08. The van der Waals surface area contributed by atoms with Crippen molar-refractivity contribution in [3.8, 4) is 11.5 Å². The molecule has 6 rings (SSSR count). The Morgan fingerprint density at radius 2 is 1.74 bits per heavy atom. The van der Waals surface area contributed by atoms with Crippen LogP contribution >= 0.6 is 0 Å². The number of anilines is 3. The zero-order valence-electron chi connectivity index (χ0n) is 23.3. The van der Waals surface area contributed by atoms with Crippen molar-refractivity contribution in [2.75, 3.05) is 23.7 Å². The first-order chi connectivity index (χ1) is 20.8. The van der Waals surface area contributed by atoms with E-state index < -0.39 is 9.84 Å². The monoisotopic (exact) mass is 599 g/mol. The average Bonchev–Trinajstić information content (AvgIpc) is 3.58. The van der Waals surface area contributed by atoms with Crippen molar-refractivity contribution in [2.24, 2.45) is 0 Å². The lowest BCUT2D eigenvalue weighted by atomic mass is 10.1. The molecule has 0 spiro atoms. The summed E-state index contributed by atoms with van der Waals surface area (Å²) in [5, 5.41) is 9.47. The molecule has 1 aliphatic heterocycles. The van der Waals surface area contributed by atoms with Gasteiger partial charge in [-0.05, 0) is 53.6 Å². The number of amides is 1. The van der Waals surface area contributed by atoms with Gasteiger partial charge in [0.05, 0.1) is 35.6 Å². The van der Waals surface area contributed by atoms with Crippen molar-refractivity contribution in [2.45, 2.75) is 25.4 Å². The lowest BCUT2D eigenvalue weighted by Crippen LogP contribution is -2.23. The Balaban J connectivity index is 1.10. The van der Waals surface area contributed by atoms with Gasteiger partial charge in [0.1, 0.15) is 0 Å². The van der Waals surface area contributed by atoms with E-state index in [4.69, 9.17) is 9.47 Å². The second-order valence-corrected chi connectivity index (χ2v) is 12.3. The predicted molar refractivity (Wildman–Crippen MR) is 162 cm³/mol. The standard InChI is InChI=1S/C30H29N7O5S/c1-43(39,40)17-20-6-9-22(10-7-20)33-29-32-13-12-23(34-29)16-31-18-37-25-5-3-2-4-24(25)35-30(37)36-28(38)15-21-8-11-26-27(14-21)42-19-41-26/h2-14,31H,15-19H2,1H3,(H,32,33,34)(H,35,36,38). The first-order valence-corrected chi connectivity index (χ1v) is 15.6. The summed E-state index contributed by atoms with van der Waals surface area (Å²) in [6.45, 7) is 0.980. The summed E-state index contributed by atoms with van der Waals surface area (Å²) >= 11 is 0. The van der Waals surface area contributed by atoms with E-state index in [2.05, 4.69) is 30.9 Å². The molecule has 0 unspecified atom stereocenters. The molecule has 0 aliphatic carbocycles. The Morgan fingerprint density at radius 1 is 0.953 bits per heavy atom. The molecule has 5 aromatic rings. The first-order valence-electron chi connectivity index (χ1n) is 13.5. The van der Waals surface area contributed by atoms with Gasteiger partial charge < -0.3 is 14.8 Å². The van der Waals surface area contributed by atoms with E-state index >= 15 is 0 Å². The van der Waals surface area contributed by atoms with E-state index in [-0.39, 0.29) is 24.9 Å². The van der Waals surface area contributed by atoms with Crippen LogP contribution in [0.3, 0.4) is 0 Å². The van der Waals surface area contributed by atoms with Crippen LogP contribution in [-0.2, 0) is 40.0 Å². The summed E-state index contributed by atoms with van der Waals surface area (Å²) in [4.78, 5) is 26.5. The van der Waals surface area contributed by atoms with Gasteiger partial charge in [0, 0.05) is 24.7 Å². The number of rotatable bonds is 11. The number of carbonyl (C=O) groups excluding carboxylic acids is 1. The number of imidazole rings is 1. The topological polar surface area (TPSA) is 149 Å². The van der Waals surface area contributed by atoms with Gasteiger partial charge in [0.15, 0.2) is 21.3 Å². The van der Waals surface area contributed by atoms with Gasteiger partial charge in [-0.2, -0.15) is 0 Å². The van der Waals surface area contributed by atoms with Gasteiger partial charge in [0.25, 0.3) is 0 Å². The van der Waals surface area contributed by atoms with E-state index in [0.717, 1.165) is 28.0 Å². The van der Waals surface area contributed by atoms with Crippen molar-refractivity contribution in [1.29, 1.82) is 0 Å². The maximum Gasteiger partial charge on any atom is 0.231 e. The van der Waals surface area contributed by atoms with Crippen LogP contribution in [0.5, 0.6) is 11.5 Å². The Morgan fingerprint density at radius 3 is 2.58 bits per heavy atom. The maximum absolute atomic E-state index is 13.0. The molecule has 43 heavy (non-hydrogen) atoms. The van der Waals surface area contributed by atoms with Crippen LogP contribution in [-0.4, -0.2) is 46.9 Å². The van der Waals surface area contributed by atoms with Crippen molar-refractivity contribution in [3.05, 3.63) is 95.8 Å². The summed E-state index contributed by atoms with van der Waals surface area (Å²) in [6, 6.07) is 22.1. The molecule has 0 radical (unpaired) electrons. The average molecular weight is 600 g/mol. The highest BCUT2D eigenvalue weighted by molar-refractivity contribution is 7.89. The van der Waals surface area contributed by atoms with Crippen LogP contribution in [0.2, 0.25) is 0 Å². The van der Waals surface area contributed by atoms with Crippen LogP contribution in [0.1, 0.15) is 16.8 Å². The molecule has 12 nitrogen and oxygen atoms in total. The molecule has 3 heterocycles. The minimum absolute atomic E-state index is 0.0115. The minimum Gasteiger partial charge on any atom is -0.454 e. The molecular formula is C30H29N7O5S. The highest BCUT2D eigenvalue weighted by Gasteiger charge is 2.17. The molecule has 220 valence electrons. The second kappa shape index (κ2) is 12.1. The van der Waals surface area contributed by atoms with Crippen molar-refractivity contribution in [3.63, 3.8) is 0 Å². The number of fused-ring (bicyclic) bond motifs is 2. The van der Waals surface area contributed by atoms with Gasteiger partial charge in [-0.15, -0.1) is 0 Å². The van der Waals surface area contributed by atoms with Crippen LogP contribution in [0.25, 0.3) is 11.0 Å². The molecule has 3 aromatic carbocycles. The summed E-state index contributed by atoms with van der Waals surface area (Å²) in [5.74, 6) is 1.94. The van der Waals surface area contributed by atoms with E-state index in [1.807, 2.05) is 47.0 Å². The fourth-order valence-corrected chi connectivity index (χ4v) is 5.50. The normalized spacial score (nSPS) is 12.4. The molecule has 1 amide bonds. The van der Waals surface area contributed by atoms with Gasteiger partial charge in [-0.25, -0.2) is 23.4 Å². The van der Waals surface area contributed by atoms with Crippen molar-refractivity contribution >= 4 is 44.4 Å². The third-order valence-corrected chi connectivity index (χ3v) is 7.49. The van der Waals surface area contributed by atoms with Crippen LogP contribution < -0.4 is 25.4 Å². The summed E-state index contributed by atoms with van der Waals surface area (Å²) in [5.41, 5.74) is 4.65. The predicted octanol–water partition coefficient (Wildman–Crippen LogP) is 3.77. The molecule has 3 N–H and O–H groups in total. The molecule has 0 saturated carbocycles. The molecule has 0 saturated heterocycles.